The molecule has 0 amide bonds. The first-order valence-corrected chi connectivity index (χ1v) is 10.1. The van der Waals surface area contributed by atoms with Gasteiger partial charge in [0.15, 0.2) is 0 Å². The van der Waals surface area contributed by atoms with E-state index in [4.69, 9.17) is 4.98 Å². The van der Waals surface area contributed by atoms with Gasteiger partial charge in [0, 0.05) is 27.7 Å². The van der Waals surface area contributed by atoms with Crippen LogP contribution in [-0.2, 0) is 0 Å². The predicted molar refractivity (Wildman–Crippen MR) is 123 cm³/mol. The zero-order valence-corrected chi connectivity index (χ0v) is 16.3. The van der Waals surface area contributed by atoms with Gasteiger partial charge >= 0.3 is 0 Å². The van der Waals surface area contributed by atoms with Crippen molar-refractivity contribution in [3.05, 3.63) is 84.1 Å². The number of benzene rings is 4. The maximum absolute atomic E-state index is 4.87. The number of pyridine rings is 2. The van der Waals surface area contributed by atoms with E-state index >= 15 is 0 Å². The highest BCUT2D eigenvalue weighted by Crippen LogP contribution is 2.42. The molecule has 0 spiro atoms. The first-order valence-electron chi connectivity index (χ1n) is 10.1. The van der Waals surface area contributed by atoms with Gasteiger partial charge in [0.1, 0.15) is 0 Å². The van der Waals surface area contributed by atoms with Crippen molar-refractivity contribution in [2.75, 3.05) is 0 Å². The first-order chi connectivity index (χ1) is 14.2. The van der Waals surface area contributed by atoms with Crippen molar-refractivity contribution in [3.63, 3.8) is 0 Å². The van der Waals surface area contributed by atoms with Crippen molar-refractivity contribution in [3.8, 4) is 0 Å². The van der Waals surface area contributed by atoms with Crippen molar-refractivity contribution in [2.45, 2.75) is 13.8 Å². The third-order valence-electron chi connectivity index (χ3n) is 6.71. The number of aryl methyl sites for hydroxylation is 2. The average molecular weight is 370 g/mol. The van der Waals surface area contributed by atoms with Crippen LogP contribution in [0.1, 0.15) is 11.1 Å². The Morgan fingerprint density at radius 2 is 1.52 bits per heavy atom. The lowest BCUT2D eigenvalue weighted by Crippen LogP contribution is -1.94. The summed E-state index contributed by atoms with van der Waals surface area (Å²) in [4.78, 5) is 4.87. The van der Waals surface area contributed by atoms with E-state index in [0.717, 1.165) is 5.52 Å². The Balaban J connectivity index is 1.94. The van der Waals surface area contributed by atoms with Crippen molar-refractivity contribution in [1.82, 2.24) is 9.38 Å². The van der Waals surface area contributed by atoms with Crippen LogP contribution in [0, 0.1) is 13.8 Å². The second kappa shape index (κ2) is 5.03. The fourth-order valence-electron chi connectivity index (χ4n) is 5.19. The van der Waals surface area contributed by atoms with Gasteiger partial charge in [0.05, 0.1) is 22.1 Å². The molecule has 0 N–H and O–H groups in total. The van der Waals surface area contributed by atoms with Gasteiger partial charge in [-0.3, -0.25) is 4.98 Å². The van der Waals surface area contributed by atoms with Gasteiger partial charge in [-0.05, 0) is 65.4 Å². The molecule has 29 heavy (non-hydrogen) atoms. The Morgan fingerprint density at radius 3 is 2.38 bits per heavy atom. The summed E-state index contributed by atoms with van der Waals surface area (Å²) < 4.78 is 2.47. The monoisotopic (exact) mass is 370 g/mol. The predicted octanol–water partition coefficient (Wildman–Crippen LogP) is 7.15. The Hall–Kier alpha value is -3.65. The van der Waals surface area contributed by atoms with Crippen LogP contribution < -0.4 is 0 Å². The fourth-order valence-corrected chi connectivity index (χ4v) is 5.19. The summed E-state index contributed by atoms with van der Waals surface area (Å²) in [5.41, 5.74) is 7.59. The van der Waals surface area contributed by atoms with Crippen LogP contribution in [0.2, 0.25) is 0 Å². The first kappa shape index (κ1) is 15.3. The molecule has 0 aliphatic heterocycles. The summed E-state index contributed by atoms with van der Waals surface area (Å²) >= 11 is 0. The third kappa shape index (κ3) is 1.75. The van der Waals surface area contributed by atoms with Gasteiger partial charge in [0.25, 0.3) is 0 Å². The van der Waals surface area contributed by atoms with Crippen LogP contribution in [0.15, 0.2) is 72.9 Å². The van der Waals surface area contributed by atoms with Crippen LogP contribution in [0.3, 0.4) is 0 Å². The zero-order chi connectivity index (χ0) is 19.3. The highest BCUT2D eigenvalue weighted by molar-refractivity contribution is 6.28. The number of hydrogen-bond donors (Lipinski definition) is 0. The van der Waals surface area contributed by atoms with E-state index in [1.165, 1.54) is 65.4 Å². The van der Waals surface area contributed by atoms with Gasteiger partial charge < -0.3 is 4.40 Å². The number of nitrogens with zero attached hydrogens (tertiary/aromatic N) is 2. The second-order valence-corrected chi connectivity index (χ2v) is 8.17. The van der Waals surface area contributed by atoms with Crippen molar-refractivity contribution in [1.29, 1.82) is 0 Å². The van der Waals surface area contributed by atoms with E-state index in [-0.39, 0.29) is 0 Å². The van der Waals surface area contributed by atoms with E-state index in [9.17, 15) is 0 Å². The molecule has 3 aromatic heterocycles. The average Bonchev–Trinajstić information content (AvgIpc) is 3.10. The molecule has 4 aromatic carbocycles. The molecule has 0 fully saturated rings. The van der Waals surface area contributed by atoms with E-state index < -0.39 is 0 Å². The standard InChI is InChI=1S/C27H18N2/c1-15-7-10-22-24(16(15)2)20-9-8-17-11-12-28-26-21-13-18-5-3-4-6-19(18)14-23(21)29(22)27(20)25(17)26/h3-14H,1-2H3. The Kier molecular flexibility index (Phi) is 2.66. The van der Waals surface area contributed by atoms with Crippen LogP contribution in [0.4, 0.5) is 0 Å². The Labute approximate surface area is 167 Å². The summed E-state index contributed by atoms with van der Waals surface area (Å²) in [6.45, 7) is 4.45. The maximum Gasteiger partial charge on any atom is 0.0822 e. The molecule has 0 bridgehead atoms. The van der Waals surface area contributed by atoms with Crippen molar-refractivity contribution in [2.24, 2.45) is 0 Å². The molecule has 7 aromatic rings. The van der Waals surface area contributed by atoms with Crippen LogP contribution >= 0.6 is 0 Å². The molecule has 0 aliphatic rings. The normalized spacial score (nSPS) is 12.5. The van der Waals surface area contributed by atoms with Crippen LogP contribution in [0.25, 0.3) is 59.8 Å². The summed E-state index contributed by atoms with van der Waals surface area (Å²) in [7, 11) is 0. The molecule has 136 valence electrons. The largest absolute Gasteiger partial charge is 0.308 e. The minimum Gasteiger partial charge on any atom is -0.308 e. The van der Waals surface area contributed by atoms with Gasteiger partial charge in [-0.25, -0.2) is 0 Å². The topological polar surface area (TPSA) is 17.3 Å². The number of hydrogen-bond acceptors (Lipinski definition) is 1. The Bertz CT molecular complexity index is 1770. The molecule has 2 nitrogen and oxygen atoms in total. The van der Waals surface area contributed by atoms with Crippen LogP contribution in [0.5, 0.6) is 0 Å². The lowest BCUT2D eigenvalue weighted by atomic mass is 9.99. The summed E-state index contributed by atoms with van der Waals surface area (Å²) in [6, 6.07) is 24.4. The van der Waals surface area contributed by atoms with Crippen molar-refractivity contribution < 1.29 is 0 Å². The molecule has 0 saturated heterocycles. The van der Waals surface area contributed by atoms with E-state index in [0.29, 0.717) is 0 Å². The van der Waals surface area contributed by atoms with Crippen molar-refractivity contribution >= 4 is 59.8 Å². The van der Waals surface area contributed by atoms with Crippen LogP contribution in [-0.4, -0.2) is 9.38 Å². The molecule has 7 rings (SSSR count). The minimum atomic E-state index is 1.10. The van der Waals surface area contributed by atoms with E-state index in [1.807, 2.05) is 6.20 Å². The lowest BCUT2D eigenvalue weighted by Gasteiger charge is -2.13. The maximum atomic E-state index is 4.87. The number of aromatic nitrogens is 2. The second-order valence-electron chi connectivity index (χ2n) is 8.17. The highest BCUT2D eigenvalue weighted by Gasteiger charge is 2.20. The molecule has 0 saturated carbocycles. The molecule has 0 unspecified atom stereocenters. The quantitative estimate of drug-likeness (QED) is 0.205. The van der Waals surface area contributed by atoms with Gasteiger partial charge in [-0.1, -0.05) is 42.5 Å². The molecule has 3 heterocycles. The molecule has 0 radical (unpaired) electrons. The zero-order valence-electron chi connectivity index (χ0n) is 16.3. The van der Waals surface area contributed by atoms with E-state index in [2.05, 4.69) is 85.0 Å². The number of rotatable bonds is 0. The molecular formula is C27H18N2. The number of fused-ring (bicyclic) bond motifs is 7. The Morgan fingerprint density at radius 1 is 0.690 bits per heavy atom. The smallest absolute Gasteiger partial charge is 0.0822 e. The highest BCUT2D eigenvalue weighted by atomic mass is 14.9. The minimum absolute atomic E-state index is 1.10. The molecule has 0 aliphatic carbocycles. The van der Waals surface area contributed by atoms with Gasteiger partial charge in [0.2, 0.25) is 0 Å². The summed E-state index contributed by atoms with van der Waals surface area (Å²) in [5, 5.41) is 8.92. The molecule has 2 heteroatoms. The van der Waals surface area contributed by atoms with Gasteiger partial charge in [-0.15, -0.1) is 0 Å². The summed E-state index contributed by atoms with van der Waals surface area (Å²) in [5.74, 6) is 0. The van der Waals surface area contributed by atoms with E-state index in [1.54, 1.807) is 0 Å². The molecule has 0 atom stereocenters. The summed E-state index contributed by atoms with van der Waals surface area (Å²) in [6.07, 6.45) is 1.94. The SMILES string of the molecule is Cc1ccc2c(c1C)c1ccc3ccnc4c5cc6ccccc6cc5n2c1c34. The lowest BCUT2D eigenvalue weighted by molar-refractivity contribution is 1.32. The fraction of sp³-hybridized carbons (Fsp3) is 0.0741. The van der Waals surface area contributed by atoms with Gasteiger partial charge in [-0.2, -0.15) is 0 Å². The third-order valence-corrected chi connectivity index (χ3v) is 6.71. The molecular weight excluding hydrogens is 352 g/mol.